The van der Waals surface area contributed by atoms with Gasteiger partial charge in [-0.25, -0.2) is 0 Å². The van der Waals surface area contributed by atoms with Gasteiger partial charge in [-0.05, 0) is 67.4 Å². The van der Waals surface area contributed by atoms with Gasteiger partial charge in [0, 0.05) is 55.5 Å². The number of hydrogen-bond donors (Lipinski definition) is 0. The molecule has 3 heterocycles. The Balaban J connectivity index is 1.19. The molecule has 2 amide bonds. The van der Waals surface area contributed by atoms with Crippen molar-refractivity contribution in [1.82, 2.24) is 20.0 Å². The maximum Gasteiger partial charge on any atom is 0.254 e. The van der Waals surface area contributed by atoms with E-state index in [0.29, 0.717) is 61.4 Å². The molecule has 2 aromatic carbocycles. The van der Waals surface area contributed by atoms with E-state index in [1.807, 2.05) is 30.3 Å². The van der Waals surface area contributed by atoms with E-state index < -0.39 is 0 Å². The highest BCUT2D eigenvalue weighted by molar-refractivity contribution is 6.30. The third kappa shape index (κ3) is 6.89. The number of benzene rings is 2. The Hall–Kier alpha value is -3.89. The van der Waals surface area contributed by atoms with Crippen LogP contribution < -0.4 is 14.4 Å². The number of carbonyl (C=O) groups excluding carboxylic acids is 2. The molecule has 0 bridgehead atoms. The molecule has 0 radical (unpaired) electrons. The lowest BCUT2D eigenvalue weighted by Gasteiger charge is -2.36. The predicted octanol–water partition coefficient (Wildman–Crippen LogP) is 3.78. The van der Waals surface area contributed by atoms with Crippen LogP contribution in [0.2, 0.25) is 5.02 Å². The standard InChI is InChI=1S/C30H34ClN5O5/c1-39-26-11-7-22(18-27(26)40-2)25-10-12-28(33-32-25)34-13-15-35(16-14-34)29(37)20-36(19-24-4-3-17-41-24)30(38)21-5-8-23(31)9-6-21/h5-12,18,24H,3-4,13-17,19-20H2,1-2H3/t24-/m1/s1. The molecule has 216 valence electrons. The van der Waals surface area contributed by atoms with E-state index in [9.17, 15) is 9.59 Å². The van der Waals surface area contributed by atoms with Crippen LogP contribution in [0.25, 0.3) is 11.3 Å². The van der Waals surface area contributed by atoms with E-state index in [-0.39, 0.29) is 24.5 Å². The zero-order valence-electron chi connectivity index (χ0n) is 23.3. The first-order valence-corrected chi connectivity index (χ1v) is 14.1. The number of rotatable bonds is 9. The molecular formula is C30H34ClN5O5. The molecular weight excluding hydrogens is 546 g/mol. The summed E-state index contributed by atoms with van der Waals surface area (Å²) < 4.78 is 16.5. The van der Waals surface area contributed by atoms with Crippen molar-refractivity contribution in [3.63, 3.8) is 0 Å². The van der Waals surface area contributed by atoms with E-state index in [1.165, 1.54) is 0 Å². The number of amides is 2. The summed E-state index contributed by atoms with van der Waals surface area (Å²) in [6.07, 6.45) is 1.78. The summed E-state index contributed by atoms with van der Waals surface area (Å²) in [6.45, 7) is 3.36. The fraction of sp³-hybridized carbons (Fsp3) is 0.400. The van der Waals surface area contributed by atoms with E-state index in [4.69, 9.17) is 25.8 Å². The number of halogens is 1. The second-order valence-electron chi connectivity index (χ2n) is 10.0. The van der Waals surface area contributed by atoms with Gasteiger partial charge in [-0.2, -0.15) is 0 Å². The Labute approximate surface area is 244 Å². The molecule has 2 aliphatic heterocycles. The molecule has 0 aliphatic carbocycles. The van der Waals surface area contributed by atoms with Gasteiger partial charge in [0.2, 0.25) is 5.91 Å². The average molecular weight is 580 g/mol. The maximum absolute atomic E-state index is 13.3. The summed E-state index contributed by atoms with van der Waals surface area (Å²) >= 11 is 6.01. The molecule has 1 atom stereocenters. The van der Waals surface area contributed by atoms with Crippen LogP contribution in [0, 0.1) is 0 Å². The van der Waals surface area contributed by atoms with Gasteiger partial charge in [0.15, 0.2) is 17.3 Å². The summed E-state index contributed by atoms with van der Waals surface area (Å²) in [7, 11) is 3.20. The number of methoxy groups -OCH3 is 2. The lowest BCUT2D eigenvalue weighted by molar-refractivity contribution is -0.132. The molecule has 0 unspecified atom stereocenters. The topological polar surface area (TPSA) is 97.3 Å². The predicted molar refractivity (Wildman–Crippen MR) is 156 cm³/mol. The SMILES string of the molecule is COc1ccc(-c2ccc(N3CCN(C(=O)CN(C[C@H]4CCCO4)C(=O)c4ccc(Cl)cc4)CC3)nn2)cc1OC. The number of ether oxygens (including phenoxy) is 3. The minimum absolute atomic E-state index is 0.00114. The molecule has 2 aliphatic rings. The molecule has 0 N–H and O–H groups in total. The molecule has 2 saturated heterocycles. The zero-order valence-corrected chi connectivity index (χ0v) is 24.0. The van der Waals surface area contributed by atoms with Crippen LogP contribution in [0.1, 0.15) is 23.2 Å². The summed E-state index contributed by atoms with van der Waals surface area (Å²) in [5, 5.41) is 9.41. The van der Waals surface area contributed by atoms with Gasteiger partial charge < -0.3 is 28.9 Å². The van der Waals surface area contributed by atoms with Crippen molar-refractivity contribution >= 4 is 29.2 Å². The summed E-state index contributed by atoms with van der Waals surface area (Å²) in [5.41, 5.74) is 2.10. The van der Waals surface area contributed by atoms with Crippen LogP contribution in [0.3, 0.4) is 0 Å². The van der Waals surface area contributed by atoms with Gasteiger partial charge in [0.25, 0.3) is 5.91 Å². The molecule has 41 heavy (non-hydrogen) atoms. The minimum atomic E-state index is -0.200. The van der Waals surface area contributed by atoms with Crippen molar-refractivity contribution < 1.29 is 23.8 Å². The first kappa shape index (κ1) is 28.6. The first-order chi connectivity index (χ1) is 19.9. The normalized spacial score (nSPS) is 16.9. The number of aromatic nitrogens is 2. The van der Waals surface area contributed by atoms with Crippen molar-refractivity contribution in [2.75, 3.05) is 65.0 Å². The largest absolute Gasteiger partial charge is 0.493 e. The van der Waals surface area contributed by atoms with Gasteiger partial charge in [-0.3, -0.25) is 9.59 Å². The smallest absolute Gasteiger partial charge is 0.254 e. The number of anilines is 1. The van der Waals surface area contributed by atoms with Gasteiger partial charge in [0.1, 0.15) is 6.54 Å². The van der Waals surface area contributed by atoms with Crippen LogP contribution in [0.15, 0.2) is 54.6 Å². The fourth-order valence-electron chi connectivity index (χ4n) is 5.12. The van der Waals surface area contributed by atoms with Crippen LogP contribution in [-0.4, -0.2) is 98.0 Å². The number of carbonyl (C=O) groups is 2. The highest BCUT2D eigenvalue weighted by Gasteiger charge is 2.29. The molecule has 11 heteroatoms. The molecule has 5 rings (SSSR count). The fourth-order valence-corrected chi connectivity index (χ4v) is 5.25. The summed E-state index contributed by atoms with van der Waals surface area (Å²) in [4.78, 5) is 32.2. The third-order valence-corrected chi connectivity index (χ3v) is 7.69. The molecule has 0 saturated carbocycles. The monoisotopic (exact) mass is 579 g/mol. The Bertz CT molecular complexity index is 1340. The second kappa shape index (κ2) is 13.2. The lowest BCUT2D eigenvalue weighted by atomic mass is 10.1. The summed E-state index contributed by atoms with van der Waals surface area (Å²) in [6, 6.07) is 16.2. The average Bonchev–Trinajstić information content (AvgIpc) is 3.54. The van der Waals surface area contributed by atoms with E-state index in [2.05, 4.69) is 15.1 Å². The molecule has 10 nitrogen and oxygen atoms in total. The Morgan fingerprint density at radius 1 is 0.976 bits per heavy atom. The van der Waals surface area contributed by atoms with Gasteiger partial charge in [0.05, 0.1) is 26.0 Å². The van der Waals surface area contributed by atoms with Crippen molar-refractivity contribution in [3.05, 3.63) is 65.2 Å². The van der Waals surface area contributed by atoms with E-state index >= 15 is 0 Å². The quantitative estimate of drug-likeness (QED) is 0.378. The van der Waals surface area contributed by atoms with Crippen LogP contribution in [-0.2, 0) is 9.53 Å². The van der Waals surface area contributed by atoms with E-state index in [1.54, 1.807) is 48.3 Å². The molecule has 2 fully saturated rings. The summed E-state index contributed by atoms with van der Waals surface area (Å²) in [5.74, 6) is 1.74. The van der Waals surface area contributed by atoms with Crippen molar-refractivity contribution in [2.45, 2.75) is 18.9 Å². The number of hydrogen-bond acceptors (Lipinski definition) is 8. The number of nitrogens with zero attached hydrogens (tertiary/aromatic N) is 5. The second-order valence-corrected chi connectivity index (χ2v) is 10.5. The number of piperazine rings is 1. The van der Waals surface area contributed by atoms with Crippen LogP contribution >= 0.6 is 11.6 Å². The Kier molecular flexibility index (Phi) is 9.21. The van der Waals surface area contributed by atoms with E-state index in [0.717, 1.165) is 29.9 Å². The van der Waals surface area contributed by atoms with Gasteiger partial charge in [-0.15, -0.1) is 10.2 Å². The molecule has 1 aromatic heterocycles. The lowest BCUT2D eigenvalue weighted by Crippen LogP contribution is -2.52. The van der Waals surface area contributed by atoms with Crippen LogP contribution in [0.5, 0.6) is 11.5 Å². The molecule has 0 spiro atoms. The van der Waals surface area contributed by atoms with Gasteiger partial charge in [-0.1, -0.05) is 11.6 Å². The maximum atomic E-state index is 13.3. The van der Waals surface area contributed by atoms with Crippen molar-refractivity contribution in [3.8, 4) is 22.8 Å². The van der Waals surface area contributed by atoms with Crippen molar-refractivity contribution in [2.24, 2.45) is 0 Å². The van der Waals surface area contributed by atoms with Crippen LogP contribution in [0.4, 0.5) is 5.82 Å². The zero-order chi connectivity index (χ0) is 28.8. The highest BCUT2D eigenvalue weighted by Crippen LogP contribution is 2.31. The highest BCUT2D eigenvalue weighted by atomic mass is 35.5. The molecule has 3 aromatic rings. The first-order valence-electron chi connectivity index (χ1n) is 13.7. The third-order valence-electron chi connectivity index (χ3n) is 7.44. The Morgan fingerprint density at radius 3 is 2.37 bits per heavy atom. The van der Waals surface area contributed by atoms with Crippen molar-refractivity contribution in [1.29, 1.82) is 0 Å². The Morgan fingerprint density at radius 2 is 1.73 bits per heavy atom. The van der Waals surface area contributed by atoms with Gasteiger partial charge >= 0.3 is 0 Å². The minimum Gasteiger partial charge on any atom is -0.493 e.